The summed E-state index contributed by atoms with van der Waals surface area (Å²) >= 11 is 12.2. The number of hydrogen-bond acceptors (Lipinski definition) is 5. The van der Waals surface area contributed by atoms with E-state index in [1.165, 1.54) is 0 Å². The first kappa shape index (κ1) is 23.4. The molecule has 1 fully saturated rings. The third-order valence-corrected chi connectivity index (χ3v) is 6.27. The number of urea groups is 1. The van der Waals surface area contributed by atoms with Crippen LogP contribution in [0.4, 0.5) is 10.5 Å². The second-order valence-electron chi connectivity index (χ2n) is 7.94. The number of piperazine rings is 1. The highest BCUT2D eigenvalue weighted by molar-refractivity contribution is 6.31. The number of halogens is 2. The molecule has 0 saturated carbocycles. The van der Waals surface area contributed by atoms with Crippen molar-refractivity contribution in [3.8, 4) is 0 Å². The normalized spacial score (nSPS) is 19.2. The quantitative estimate of drug-likeness (QED) is 0.601. The van der Waals surface area contributed by atoms with Gasteiger partial charge in [0, 0.05) is 54.2 Å². The molecule has 7 nitrogen and oxygen atoms in total. The molecule has 1 saturated heterocycles. The fourth-order valence-electron chi connectivity index (χ4n) is 4.16. The van der Waals surface area contributed by atoms with Crippen molar-refractivity contribution in [3.63, 3.8) is 0 Å². The Labute approximate surface area is 203 Å². The Balaban J connectivity index is 1.55. The van der Waals surface area contributed by atoms with Crippen LogP contribution in [0.25, 0.3) is 0 Å². The van der Waals surface area contributed by atoms with E-state index in [1.54, 1.807) is 31.2 Å². The van der Waals surface area contributed by atoms with Crippen LogP contribution in [-0.2, 0) is 9.53 Å². The van der Waals surface area contributed by atoms with Gasteiger partial charge in [-0.1, -0.05) is 41.4 Å². The Bertz CT molecular complexity index is 1050. The molecule has 1 atom stereocenters. The highest BCUT2D eigenvalue weighted by Crippen LogP contribution is 2.29. The van der Waals surface area contributed by atoms with Crippen LogP contribution < -0.4 is 15.5 Å². The van der Waals surface area contributed by atoms with Gasteiger partial charge in [-0.25, -0.2) is 9.59 Å². The van der Waals surface area contributed by atoms with Crippen LogP contribution >= 0.6 is 23.2 Å². The predicted octanol–water partition coefficient (Wildman–Crippen LogP) is 3.99. The summed E-state index contributed by atoms with van der Waals surface area (Å²) in [6.07, 6.45) is 0. The van der Waals surface area contributed by atoms with Crippen LogP contribution in [0.15, 0.2) is 59.8 Å². The van der Waals surface area contributed by atoms with Crippen molar-refractivity contribution in [2.75, 3.05) is 44.2 Å². The second kappa shape index (κ2) is 10.5. The fourth-order valence-corrected chi connectivity index (χ4v) is 4.47. The van der Waals surface area contributed by atoms with E-state index in [4.69, 9.17) is 27.9 Å². The zero-order valence-corrected chi connectivity index (χ0v) is 19.8. The van der Waals surface area contributed by atoms with E-state index < -0.39 is 12.0 Å². The van der Waals surface area contributed by atoms with Gasteiger partial charge in [-0.2, -0.15) is 0 Å². The first-order valence-electron chi connectivity index (χ1n) is 10.9. The summed E-state index contributed by atoms with van der Waals surface area (Å²) in [6.45, 7) is 5.63. The minimum atomic E-state index is -0.613. The molecule has 33 heavy (non-hydrogen) atoms. The number of benzene rings is 2. The van der Waals surface area contributed by atoms with Crippen molar-refractivity contribution in [3.05, 3.63) is 75.4 Å². The van der Waals surface area contributed by atoms with Gasteiger partial charge in [-0.05, 0) is 42.8 Å². The number of nitrogens with zero attached hydrogens (tertiary/aromatic N) is 2. The topological polar surface area (TPSA) is 73.9 Å². The summed E-state index contributed by atoms with van der Waals surface area (Å²) in [5.41, 5.74) is 2.83. The molecule has 174 valence electrons. The number of nitrogens with one attached hydrogen (secondary N) is 2. The number of amides is 2. The van der Waals surface area contributed by atoms with Crippen LogP contribution in [0.1, 0.15) is 18.5 Å². The summed E-state index contributed by atoms with van der Waals surface area (Å²) < 4.78 is 5.34. The molecule has 2 aliphatic rings. The average molecular weight is 489 g/mol. The predicted molar refractivity (Wildman–Crippen MR) is 130 cm³/mol. The summed E-state index contributed by atoms with van der Waals surface area (Å²) in [6, 6.07) is 13.9. The molecule has 4 rings (SSSR count). The van der Waals surface area contributed by atoms with Crippen molar-refractivity contribution in [2.24, 2.45) is 0 Å². The lowest BCUT2D eigenvalue weighted by atomic mass is 9.95. The number of hydrogen-bond donors (Lipinski definition) is 2. The van der Waals surface area contributed by atoms with Crippen LogP contribution in [-0.4, -0.2) is 56.2 Å². The SMILES string of the molecule is CCOC(=O)C1=C(CN2CCN(c3cccc(Cl)c3)CC2)NC(=O)NC1c1ccc(Cl)cc1. The summed E-state index contributed by atoms with van der Waals surface area (Å²) in [5.74, 6) is -0.447. The van der Waals surface area contributed by atoms with Gasteiger partial charge in [0.2, 0.25) is 0 Å². The summed E-state index contributed by atoms with van der Waals surface area (Å²) in [7, 11) is 0. The molecule has 0 bridgehead atoms. The highest BCUT2D eigenvalue weighted by Gasteiger charge is 2.34. The van der Waals surface area contributed by atoms with Gasteiger partial charge < -0.3 is 20.3 Å². The summed E-state index contributed by atoms with van der Waals surface area (Å²) in [5, 5.41) is 6.99. The first-order chi connectivity index (χ1) is 15.9. The van der Waals surface area contributed by atoms with E-state index in [-0.39, 0.29) is 12.6 Å². The highest BCUT2D eigenvalue weighted by atomic mass is 35.5. The lowest BCUT2D eigenvalue weighted by Crippen LogP contribution is -2.51. The Morgan fingerprint density at radius 1 is 1.06 bits per heavy atom. The van der Waals surface area contributed by atoms with Crippen molar-refractivity contribution < 1.29 is 14.3 Å². The molecule has 0 aliphatic carbocycles. The molecule has 0 aromatic heterocycles. The molecular weight excluding hydrogens is 463 g/mol. The van der Waals surface area contributed by atoms with Crippen LogP contribution in [0.5, 0.6) is 0 Å². The third-order valence-electron chi connectivity index (χ3n) is 5.78. The van der Waals surface area contributed by atoms with Crippen LogP contribution in [0.2, 0.25) is 10.0 Å². The molecule has 9 heteroatoms. The second-order valence-corrected chi connectivity index (χ2v) is 8.81. The molecule has 0 spiro atoms. The largest absolute Gasteiger partial charge is 0.463 e. The van der Waals surface area contributed by atoms with Crippen molar-refractivity contribution in [2.45, 2.75) is 13.0 Å². The standard InChI is InChI=1S/C24H26Cl2N4O3/c1-2-33-23(31)21-20(27-24(32)28-22(21)16-6-8-17(25)9-7-16)15-29-10-12-30(13-11-29)19-5-3-4-18(26)14-19/h3-9,14,22H,2,10-13,15H2,1H3,(H2,27,28,32). The molecule has 2 heterocycles. The Kier molecular flexibility index (Phi) is 7.42. The number of ether oxygens (including phenoxy) is 1. The zero-order valence-electron chi connectivity index (χ0n) is 18.3. The van der Waals surface area contributed by atoms with Crippen molar-refractivity contribution >= 4 is 40.9 Å². The van der Waals surface area contributed by atoms with E-state index in [0.717, 1.165) is 37.4 Å². The van der Waals surface area contributed by atoms with Crippen LogP contribution in [0.3, 0.4) is 0 Å². The van der Waals surface area contributed by atoms with Gasteiger partial charge in [0.25, 0.3) is 0 Å². The number of anilines is 1. The maximum absolute atomic E-state index is 12.9. The maximum Gasteiger partial charge on any atom is 0.338 e. The van der Waals surface area contributed by atoms with E-state index in [2.05, 4.69) is 20.4 Å². The lowest BCUT2D eigenvalue weighted by Gasteiger charge is -2.38. The number of carbonyl (C=O) groups excluding carboxylic acids is 2. The molecule has 2 N–H and O–H groups in total. The van der Waals surface area contributed by atoms with Gasteiger partial charge in [-0.3, -0.25) is 4.90 Å². The lowest BCUT2D eigenvalue weighted by molar-refractivity contribution is -0.139. The molecule has 2 aromatic rings. The molecule has 2 amide bonds. The van der Waals surface area contributed by atoms with Gasteiger partial charge in [0.15, 0.2) is 0 Å². The van der Waals surface area contributed by atoms with Gasteiger partial charge in [0.1, 0.15) is 0 Å². The van der Waals surface area contributed by atoms with E-state index in [0.29, 0.717) is 27.9 Å². The number of rotatable bonds is 6. The Morgan fingerprint density at radius 3 is 2.45 bits per heavy atom. The maximum atomic E-state index is 12.9. The Hall–Kier alpha value is -2.74. The van der Waals surface area contributed by atoms with E-state index >= 15 is 0 Å². The van der Waals surface area contributed by atoms with Crippen LogP contribution in [0, 0.1) is 0 Å². The van der Waals surface area contributed by atoms with Crippen molar-refractivity contribution in [1.29, 1.82) is 0 Å². The van der Waals surface area contributed by atoms with Gasteiger partial charge in [0.05, 0.1) is 18.2 Å². The zero-order chi connectivity index (χ0) is 23.4. The third kappa shape index (κ3) is 5.61. The smallest absolute Gasteiger partial charge is 0.338 e. The van der Waals surface area contributed by atoms with Gasteiger partial charge >= 0.3 is 12.0 Å². The monoisotopic (exact) mass is 488 g/mol. The minimum Gasteiger partial charge on any atom is -0.463 e. The van der Waals surface area contributed by atoms with E-state index in [1.807, 2.05) is 24.3 Å². The molecular formula is C24H26Cl2N4O3. The van der Waals surface area contributed by atoms with Crippen molar-refractivity contribution in [1.82, 2.24) is 15.5 Å². The molecule has 2 aliphatic heterocycles. The van der Waals surface area contributed by atoms with Gasteiger partial charge in [-0.15, -0.1) is 0 Å². The summed E-state index contributed by atoms with van der Waals surface area (Å²) in [4.78, 5) is 29.9. The fraction of sp³-hybridized carbons (Fsp3) is 0.333. The first-order valence-corrected chi connectivity index (χ1v) is 11.7. The molecule has 0 radical (unpaired) electrons. The molecule has 1 unspecified atom stereocenters. The minimum absolute atomic E-state index is 0.245. The Morgan fingerprint density at radius 2 is 1.79 bits per heavy atom. The molecule has 2 aromatic carbocycles. The average Bonchev–Trinajstić information content (AvgIpc) is 2.80. The number of carbonyl (C=O) groups is 2. The number of esters is 1. The van der Waals surface area contributed by atoms with E-state index in [9.17, 15) is 9.59 Å².